The van der Waals surface area contributed by atoms with Gasteiger partial charge in [0.25, 0.3) is 5.91 Å². The predicted octanol–water partition coefficient (Wildman–Crippen LogP) is 5.30. The highest BCUT2D eigenvalue weighted by Crippen LogP contribution is 2.40. The Morgan fingerprint density at radius 3 is 2.58 bits per heavy atom. The maximum Gasteiger partial charge on any atom is 0.254 e. The van der Waals surface area contributed by atoms with Crippen LogP contribution in [0, 0.1) is 11.6 Å². The van der Waals surface area contributed by atoms with Crippen molar-refractivity contribution in [3.63, 3.8) is 0 Å². The van der Waals surface area contributed by atoms with Crippen molar-refractivity contribution in [3.05, 3.63) is 83.8 Å². The first-order valence-electron chi connectivity index (χ1n) is 12.7. The highest BCUT2D eigenvalue weighted by Gasteiger charge is 2.38. The molecular formula is C28H23F2N7O. The van der Waals surface area contributed by atoms with E-state index < -0.39 is 0 Å². The number of rotatable bonds is 4. The molecule has 1 N–H and O–H groups in total. The van der Waals surface area contributed by atoms with Gasteiger partial charge in [-0.3, -0.25) is 14.9 Å². The van der Waals surface area contributed by atoms with E-state index in [4.69, 9.17) is 4.98 Å². The number of carbonyl (C=O) groups excluding carboxylic acids is 1. The molecule has 8 nitrogen and oxygen atoms in total. The molecule has 38 heavy (non-hydrogen) atoms. The number of H-pyrrole nitrogens is 1. The number of fused-ring (bicyclic) bond motifs is 2. The van der Waals surface area contributed by atoms with Crippen LogP contribution in [0.1, 0.15) is 47.6 Å². The average molecular weight is 512 g/mol. The van der Waals surface area contributed by atoms with Crippen LogP contribution in [0.15, 0.2) is 61.1 Å². The SMILES string of the molecule is O=C1c2cccc(F)c2CN1C1CCC[C@@H](n2c(-c3ccccc3F)nc3cnc(-c4ncn[nH]4)cc32)C1. The van der Waals surface area contributed by atoms with Gasteiger partial charge in [-0.25, -0.2) is 18.7 Å². The van der Waals surface area contributed by atoms with Crippen LogP contribution in [0.3, 0.4) is 0 Å². The van der Waals surface area contributed by atoms with E-state index in [9.17, 15) is 9.18 Å². The molecule has 1 fully saturated rings. The van der Waals surface area contributed by atoms with Crippen LogP contribution in [0.4, 0.5) is 8.78 Å². The third-order valence-electron chi connectivity index (χ3n) is 7.71. The van der Waals surface area contributed by atoms with E-state index in [0.29, 0.717) is 46.0 Å². The summed E-state index contributed by atoms with van der Waals surface area (Å²) in [5.41, 5.74) is 3.35. The summed E-state index contributed by atoms with van der Waals surface area (Å²) >= 11 is 0. The molecule has 2 aromatic carbocycles. The van der Waals surface area contributed by atoms with Gasteiger partial charge >= 0.3 is 0 Å². The molecule has 3 aromatic heterocycles. The summed E-state index contributed by atoms with van der Waals surface area (Å²) in [6.45, 7) is 0.267. The number of imidazole rings is 1. The fourth-order valence-corrected chi connectivity index (χ4v) is 5.93. The molecule has 190 valence electrons. The third-order valence-corrected chi connectivity index (χ3v) is 7.71. The summed E-state index contributed by atoms with van der Waals surface area (Å²) in [5, 5.41) is 6.77. The van der Waals surface area contributed by atoms with E-state index in [-0.39, 0.29) is 36.2 Å². The van der Waals surface area contributed by atoms with Crippen molar-refractivity contribution >= 4 is 16.9 Å². The van der Waals surface area contributed by atoms with Crippen molar-refractivity contribution in [3.8, 4) is 22.9 Å². The minimum absolute atomic E-state index is 0.0558. The lowest BCUT2D eigenvalue weighted by Gasteiger charge is -2.36. The molecule has 10 heteroatoms. The number of pyridine rings is 1. The van der Waals surface area contributed by atoms with Crippen molar-refractivity contribution in [2.24, 2.45) is 0 Å². The van der Waals surface area contributed by atoms with Gasteiger partial charge in [0, 0.05) is 29.8 Å². The Bertz CT molecular complexity index is 1680. The Kier molecular flexibility index (Phi) is 5.27. The molecule has 1 saturated carbocycles. The van der Waals surface area contributed by atoms with Gasteiger partial charge in [-0.1, -0.05) is 18.2 Å². The zero-order valence-corrected chi connectivity index (χ0v) is 20.3. The smallest absolute Gasteiger partial charge is 0.254 e. The molecule has 1 amide bonds. The van der Waals surface area contributed by atoms with Gasteiger partial charge < -0.3 is 9.47 Å². The van der Waals surface area contributed by atoms with Gasteiger partial charge in [0.2, 0.25) is 0 Å². The lowest BCUT2D eigenvalue weighted by atomic mass is 9.89. The Balaban J connectivity index is 1.31. The van der Waals surface area contributed by atoms with E-state index >= 15 is 4.39 Å². The molecule has 2 atom stereocenters. The summed E-state index contributed by atoms with van der Waals surface area (Å²) < 4.78 is 31.6. The Hall–Kier alpha value is -4.47. The quantitative estimate of drug-likeness (QED) is 0.353. The first-order valence-corrected chi connectivity index (χ1v) is 12.7. The minimum atomic E-state index is -0.361. The molecule has 5 aromatic rings. The molecule has 0 spiro atoms. The van der Waals surface area contributed by atoms with E-state index in [0.717, 1.165) is 24.8 Å². The first kappa shape index (κ1) is 22.7. The maximum atomic E-state index is 15.0. The molecule has 2 aliphatic rings. The van der Waals surface area contributed by atoms with Crippen LogP contribution in [-0.4, -0.2) is 46.6 Å². The monoisotopic (exact) mass is 511 g/mol. The summed E-state index contributed by atoms with van der Waals surface area (Å²) in [4.78, 5) is 28.5. The van der Waals surface area contributed by atoms with Gasteiger partial charge in [-0.05, 0) is 56.0 Å². The van der Waals surface area contributed by atoms with E-state index in [1.807, 2.05) is 6.07 Å². The van der Waals surface area contributed by atoms with Crippen molar-refractivity contribution in [2.75, 3.05) is 0 Å². The zero-order valence-electron chi connectivity index (χ0n) is 20.3. The highest BCUT2D eigenvalue weighted by atomic mass is 19.1. The third kappa shape index (κ3) is 3.59. The number of nitrogens with one attached hydrogen (secondary N) is 1. The number of nitrogens with zero attached hydrogens (tertiary/aromatic N) is 6. The Morgan fingerprint density at radius 2 is 1.76 bits per heavy atom. The number of benzene rings is 2. The fourth-order valence-electron chi connectivity index (χ4n) is 5.93. The van der Waals surface area contributed by atoms with Crippen LogP contribution in [-0.2, 0) is 6.54 Å². The summed E-state index contributed by atoms with van der Waals surface area (Å²) in [5.74, 6) is 0.200. The number of aromatic nitrogens is 6. The summed E-state index contributed by atoms with van der Waals surface area (Å²) in [6.07, 6.45) is 6.26. The average Bonchev–Trinajstić information content (AvgIpc) is 3.67. The molecule has 0 saturated heterocycles. The lowest BCUT2D eigenvalue weighted by Crippen LogP contribution is -2.39. The van der Waals surface area contributed by atoms with Crippen molar-refractivity contribution in [1.29, 1.82) is 0 Å². The largest absolute Gasteiger partial charge is 0.331 e. The number of carbonyl (C=O) groups is 1. The molecule has 0 bridgehead atoms. The zero-order chi connectivity index (χ0) is 25.8. The van der Waals surface area contributed by atoms with Crippen molar-refractivity contribution in [2.45, 2.75) is 44.3 Å². The van der Waals surface area contributed by atoms with Crippen molar-refractivity contribution < 1.29 is 13.6 Å². The van der Waals surface area contributed by atoms with Crippen LogP contribution in [0.5, 0.6) is 0 Å². The molecular weight excluding hydrogens is 488 g/mol. The molecule has 0 radical (unpaired) electrons. The molecule has 1 aliphatic heterocycles. The summed E-state index contributed by atoms with van der Waals surface area (Å²) in [6, 6.07) is 13.0. The van der Waals surface area contributed by atoms with E-state index in [2.05, 4.69) is 24.7 Å². The molecule has 1 aliphatic carbocycles. The van der Waals surface area contributed by atoms with Gasteiger partial charge in [0.15, 0.2) is 5.82 Å². The van der Waals surface area contributed by atoms with Gasteiger partial charge in [0.05, 0.1) is 17.3 Å². The highest BCUT2D eigenvalue weighted by molar-refractivity contribution is 5.98. The van der Waals surface area contributed by atoms with E-state index in [1.165, 1.54) is 18.5 Å². The first-order chi connectivity index (χ1) is 18.6. The van der Waals surface area contributed by atoms with Crippen LogP contribution in [0.25, 0.3) is 33.9 Å². The number of amides is 1. The van der Waals surface area contributed by atoms with Gasteiger partial charge in [0.1, 0.15) is 35.0 Å². The number of aromatic amines is 1. The second kappa shape index (κ2) is 8.83. The predicted molar refractivity (Wildman–Crippen MR) is 136 cm³/mol. The second-order valence-electron chi connectivity index (χ2n) is 9.85. The molecule has 4 heterocycles. The maximum absolute atomic E-state index is 15.0. The minimum Gasteiger partial charge on any atom is -0.331 e. The van der Waals surface area contributed by atoms with Crippen molar-refractivity contribution in [1.82, 2.24) is 34.6 Å². The van der Waals surface area contributed by atoms with E-state index in [1.54, 1.807) is 41.4 Å². The second-order valence-corrected chi connectivity index (χ2v) is 9.85. The number of hydrogen-bond acceptors (Lipinski definition) is 5. The van der Waals surface area contributed by atoms with Crippen LogP contribution < -0.4 is 0 Å². The lowest BCUT2D eigenvalue weighted by molar-refractivity contribution is 0.0630. The molecule has 1 unspecified atom stereocenters. The molecule has 7 rings (SSSR count). The fraction of sp³-hybridized carbons (Fsp3) is 0.250. The summed E-state index contributed by atoms with van der Waals surface area (Å²) in [7, 11) is 0. The topological polar surface area (TPSA) is 92.6 Å². The standard InChI is InChI=1S/C28H23F2N7O/c29-21-9-2-1-7-19(21)27-34-24-13-31-23(26-32-15-33-35-26)12-25(24)37(27)17-6-3-5-16(11-17)36-14-20-18(28(36)38)8-4-10-22(20)30/h1-2,4,7-10,12-13,15-17H,3,5-6,11,14H2,(H,32,33,35)/t16?,17-/m1/s1. The van der Waals surface area contributed by atoms with Crippen LogP contribution in [0.2, 0.25) is 0 Å². The van der Waals surface area contributed by atoms with Gasteiger partial charge in [-0.15, -0.1) is 0 Å². The van der Waals surface area contributed by atoms with Gasteiger partial charge in [-0.2, -0.15) is 5.10 Å². The van der Waals surface area contributed by atoms with Crippen LogP contribution >= 0.6 is 0 Å². The normalized spacial score (nSPS) is 19.3. The number of halogens is 2. The number of hydrogen-bond donors (Lipinski definition) is 1. The Morgan fingerprint density at radius 1 is 0.947 bits per heavy atom. The Labute approximate surface area is 216 Å².